The van der Waals surface area contributed by atoms with Crippen LogP contribution in [0.4, 0.5) is 5.82 Å². The summed E-state index contributed by atoms with van der Waals surface area (Å²) in [7, 11) is 0. The monoisotopic (exact) mass is 585 g/mol. The molecule has 10 heteroatoms. The summed E-state index contributed by atoms with van der Waals surface area (Å²) in [6, 6.07) is 8.29. The van der Waals surface area contributed by atoms with Crippen molar-refractivity contribution >= 4 is 17.4 Å². The quantitative estimate of drug-likeness (QED) is 0.405. The molecule has 0 bridgehead atoms. The van der Waals surface area contributed by atoms with Gasteiger partial charge in [-0.05, 0) is 69.9 Å². The summed E-state index contributed by atoms with van der Waals surface area (Å²) in [5, 5.41) is 5.04. The van der Waals surface area contributed by atoms with Gasteiger partial charge in [0, 0.05) is 49.7 Å². The highest BCUT2D eigenvalue weighted by atomic mass is 16.2. The van der Waals surface area contributed by atoms with Gasteiger partial charge in [-0.1, -0.05) is 38.2 Å². The van der Waals surface area contributed by atoms with Crippen molar-refractivity contribution in [1.29, 1.82) is 0 Å². The van der Waals surface area contributed by atoms with E-state index in [-0.39, 0.29) is 30.0 Å². The number of hydrogen-bond donors (Lipinski definition) is 3. The lowest BCUT2D eigenvalue weighted by Crippen LogP contribution is -2.62. The van der Waals surface area contributed by atoms with Gasteiger partial charge in [0.25, 0.3) is 0 Å². The van der Waals surface area contributed by atoms with Gasteiger partial charge in [-0.25, -0.2) is 20.4 Å². The lowest BCUT2D eigenvalue weighted by Gasteiger charge is -2.44. The number of carbonyl (C=O) groups is 1. The smallest absolute Gasteiger partial charge is 0.245 e. The number of anilines is 1. The largest absolute Gasteiger partial charge is 0.355 e. The lowest BCUT2D eigenvalue weighted by atomic mass is 9.72. The molecule has 6 heterocycles. The number of aromatic nitrogens is 4. The normalized spacial score (nSPS) is 29.2. The Morgan fingerprint density at radius 1 is 1.00 bits per heavy atom. The summed E-state index contributed by atoms with van der Waals surface area (Å²) in [5.74, 6) is 1.50. The molecule has 4 N–H and O–H groups in total. The Hall–Kier alpha value is -3.08. The van der Waals surface area contributed by atoms with Gasteiger partial charge < -0.3 is 15.5 Å². The Morgan fingerprint density at radius 2 is 1.81 bits per heavy atom. The molecule has 230 valence electrons. The van der Waals surface area contributed by atoms with Crippen molar-refractivity contribution in [3.63, 3.8) is 0 Å². The first-order valence-electron chi connectivity index (χ1n) is 16.6. The molecule has 3 aromatic heterocycles. The number of fused-ring (bicyclic) bond motifs is 1. The highest BCUT2D eigenvalue weighted by Crippen LogP contribution is 2.43. The second-order valence-electron chi connectivity index (χ2n) is 13.4. The molecule has 43 heavy (non-hydrogen) atoms. The molecule has 10 nitrogen and oxygen atoms in total. The van der Waals surface area contributed by atoms with E-state index in [0.717, 1.165) is 86.6 Å². The van der Waals surface area contributed by atoms with Gasteiger partial charge in [-0.2, -0.15) is 5.10 Å². The van der Waals surface area contributed by atoms with Gasteiger partial charge in [0.15, 0.2) is 5.65 Å². The van der Waals surface area contributed by atoms with E-state index in [9.17, 15) is 0 Å². The average molecular weight is 586 g/mol. The van der Waals surface area contributed by atoms with Crippen LogP contribution < -0.4 is 21.5 Å². The maximum Gasteiger partial charge on any atom is 0.245 e. The first-order chi connectivity index (χ1) is 21.0. The predicted molar refractivity (Wildman–Crippen MR) is 167 cm³/mol. The molecule has 2 unspecified atom stereocenters. The highest BCUT2D eigenvalue weighted by molar-refractivity contribution is 5.88. The standard InChI is InChI=1S/C33H47N9O/c1-23-21-42-30(36-31(23)40-18-15-25(34)22-40)19-27(38-42)29-14-8-10-17-41(29)32(43)33(24-11-5-3-2-4-6-12-24)20-28(37-39-33)26-13-7-9-16-35-26/h7,9,13,16,19,21,24-25,28-29,37,39H,2-6,8,10-12,14-15,17-18,20,22,34H2,1H3/t25-,28?,29-,33?/m0/s1. The number of hydrogen-bond acceptors (Lipinski definition) is 8. The minimum Gasteiger partial charge on any atom is -0.355 e. The van der Waals surface area contributed by atoms with E-state index < -0.39 is 5.54 Å². The maximum atomic E-state index is 15.0. The molecule has 0 spiro atoms. The molecule has 1 amide bonds. The summed E-state index contributed by atoms with van der Waals surface area (Å²) in [4.78, 5) is 29.2. The van der Waals surface area contributed by atoms with E-state index in [4.69, 9.17) is 15.8 Å². The first kappa shape index (κ1) is 28.7. The summed E-state index contributed by atoms with van der Waals surface area (Å²) >= 11 is 0. The fourth-order valence-electron chi connectivity index (χ4n) is 8.15. The van der Waals surface area contributed by atoms with Crippen molar-refractivity contribution in [3.05, 3.63) is 53.6 Å². The van der Waals surface area contributed by atoms with Crippen molar-refractivity contribution in [3.8, 4) is 0 Å². The number of hydrazine groups is 1. The van der Waals surface area contributed by atoms with Gasteiger partial charge >= 0.3 is 0 Å². The number of aryl methyl sites for hydroxylation is 1. The van der Waals surface area contributed by atoms with Gasteiger partial charge in [-0.15, -0.1) is 0 Å². The van der Waals surface area contributed by atoms with Gasteiger partial charge in [0.2, 0.25) is 5.91 Å². The van der Waals surface area contributed by atoms with Crippen molar-refractivity contribution in [2.24, 2.45) is 11.7 Å². The molecule has 3 aliphatic heterocycles. The fourth-order valence-corrected chi connectivity index (χ4v) is 8.15. The van der Waals surface area contributed by atoms with E-state index in [2.05, 4.69) is 50.9 Å². The average Bonchev–Trinajstić information content (AvgIpc) is 3.75. The Bertz CT molecular complexity index is 1420. The van der Waals surface area contributed by atoms with Crippen molar-refractivity contribution in [2.75, 3.05) is 24.5 Å². The Labute approximate surface area is 254 Å². The van der Waals surface area contributed by atoms with E-state index in [1.54, 1.807) is 0 Å². The van der Waals surface area contributed by atoms with Crippen LogP contribution in [-0.2, 0) is 4.79 Å². The van der Waals surface area contributed by atoms with Crippen LogP contribution in [0, 0.1) is 12.8 Å². The third-order valence-electron chi connectivity index (χ3n) is 10.5. The van der Waals surface area contributed by atoms with Crippen molar-refractivity contribution < 1.29 is 4.79 Å². The minimum atomic E-state index is -0.662. The van der Waals surface area contributed by atoms with Gasteiger partial charge in [-0.3, -0.25) is 9.78 Å². The molecule has 3 saturated heterocycles. The topological polar surface area (TPSA) is 117 Å². The van der Waals surface area contributed by atoms with Crippen LogP contribution in [-0.4, -0.2) is 61.6 Å². The third kappa shape index (κ3) is 5.53. The lowest BCUT2D eigenvalue weighted by molar-refractivity contribution is -0.145. The molecule has 7 rings (SSSR count). The number of pyridine rings is 1. The molecule has 0 radical (unpaired) electrons. The predicted octanol–water partition coefficient (Wildman–Crippen LogP) is 4.36. The molecule has 4 atom stereocenters. The molecule has 1 aliphatic carbocycles. The van der Waals surface area contributed by atoms with Crippen molar-refractivity contribution in [2.45, 2.75) is 108 Å². The molecule has 1 saturated carbocycles. The summed E-state index contributed by atoms with van der Waals surface area (Å²) in [5.41, 5.74) is 16.6. The zero-order chi connectivity index (χ0) is 29.4. The van der Waals surface area contributed by atoms with E-state index in [1.807, 2.05) is 22.8 Å². The number of likely N-dealkylation sites (tertiary alicyclic amines) is 1. The summed E-state index contributed by atoms with van der Waals surface area (Å²) in [6.07, 6.45) is 17.0. The van der Waals surface area contributed by atoms with Gasteiger partial charge in [0.1, 0.15) is 11.4 Å². The molecule has 3 aromatic rings. The second kappa shape index (κ2) is 12.1. The number of carbonyl (C=O) groups excluding carboxylic acids is 1. The molecular formula is C33H47N9O. The molecule has 0 aromatic carbocycles. The van der Waals surface area contributed by atoms with Crippen LogP contribution >= 0.6 is 0 Å². The number of nitrogens with zero attached hydrogens (tertiary/aromatic N) is 6. The number of piperidine rings is 1. The summed E-state index contributed by atoms with van der Waals surface area (Å²) in [6.45, 7) is 4.62. The minimum absolute atomic E-state index is 0.00155. The molecule has 4 fully saturated rings. The van der Waals surface area contributed by atoms with Crippen LogP contribution in [0.5, 0.6) is 0 Å². The van der Waals surface area contributed by atoms with Crippen LogP contribution in [0.15, 0.2) is 36.7 Å². The molecular weight excluding hydrogens is 538 g/mol. The maximum absolute atomic E-state index is 15.0. The fraction of sp³-hybridized carbons (Fsp3) is 0.636. The SMILES string of the molecule is Cc1cn2nc([C@@H]3CCCCN3C(=O)C3(C4CCCCCCC4)CC(c4ccccn4)NN3)cc2nc1N1CC[C@H](N)C1. The van der Waals surface area contributed by atoms with Crippen LogP contribution in [0.2, 0.25) is 0 Å². The van der Waals surface area contributed by atoms with Crippen LogP contribution in [0.1, 0.15) is 106 Å². The molecule has 4 aliphatic rings. The third-order valence-corrected chi connectivity index (χ3v) is 10.5. The number of nitrogens with one attached hydrogen (secondary N) is 2. The van der Waals surface area contributed by atoms with E-state index in [0.29, 0.717) is 6.42 Å². The van der Waals surface area contributed by atoms with Crippen molar-refractivity contribution in [1.82, 2.24) is 35.3 Å². The number of rotatable bonds is 5. The Morgan fingerprint density at radius 3 is 2.58 bits per heavy atom. The zero-order valence-electron chi connectivity index (χ0n) is 25.5. The Balaban J connectivity index is 1.21. The Kier molecular flexibility index (Phi) is 8.09. The van der Waals surface area contributed by atoms with Crippen LogP contribution in [0.3, 0.4) is 0 Å². The van der Waals surface area contributed by atoms with E-state index >= 15 is 4.79 Å². The van der Waals surface area contributed by atoms with Gasteiger partial charge in [0.05, 0.1) is 23.5 Å². The number of amides is 1. The van der Waals surface area contributed by atoms with E-state index in [1.165, 1.54) is 32.1 Å². The number of nitrogens with two attached hydrogens (primary N) is 1. The first-order valence-corrected chi connectivity index (χ1v) is 16.6. The zero-order valence-corrected chi connectivity index (χ0v) is 25.5. The second-order valence-corrected chi connectivity index (χ2v) is 13.4. The highest BCUT2D eigenvalue weighted by Gasteiger charge is 2.53. The summed E-state index contributed by atoms with van der Waals surface area (Å²) < 4.78 is 1.90. The van der Waals surface area contributed by atoms with Crippen LogP contribution in [0.25, 0.3) is 5.65 Å².